The molecule has 1 unspecified atom stereocenters. The molecule has 1 atom stereocenters. The third-order valence-corrected chi connectivity index (χ3v) is 3.40. The van der Waals surface area contributed by atoms with Gasteiger partial charge in [0, 0.05) is 10.7 Å². The van der Waals surface area contributed by atoms with Gasteiger partial charge >= 0.3 is 0 Å². The summed E-state index contributed by atoms with van der Waals surface area (Å²) in [5.41, 5.74) is 2.32. The number of benzene rings is 2. The number of nitrogens with one attached hydrogen (secondary N) is 1. The molecule has 2 nitrogen and oxygen atoms in total. The van der Waals surface area contributed by atoms with E-state index in [2.05, 4.69) is 36.5 Å². The van der Waals surface area contributed by atoms with E-state index >= 15 is 0 Å². The van der Waals surface area contributed by atoms with Gasteiger partial charge in [0.15, 0.2) is 0 Å². The minimum atomic E-state index is -0.00465. The number of hydrogen-bond donors (Lipinski definition) is 1. The molecular weight excluding hydrogens is 293 g/mol. The van der Waals surface area contributed by atoms with Crippen LogP contribution in [-0.2, 0) is 0 Å². The second-order valence-corrected chi connectivity index (χ2v) is 5.59. The Bertz CT molecular complexity index is 569. The second kappa shape index (κ2) is 6.87. The van der Waals surface area contributed by atoms with Crippen molar-refractivity contribution in [2.75, 3.05) is 11.9 Å². The van der Waals surface area contributed by atoms with E-state index in [4.69, 9.17) is 27.9 Å². The van der Waals surface area contributed by atoms with Crippen LogP contribution in [0, 0.1) is 6.92 Å². The van der Waals surface area contributed by atoms with Crippen molar-refractivity contribution in [3.63, 3.8) is 0 Å². The van der Waals surface area contributed by atoms with Gasteiger partial charge in [-0.2, -0.15) is 0 Å². The summed E-state index contributed by atoms with van der Waals surface area (Å²) < 4.78 is 5.79. The SMILES string of the molecule is Cc1ccc(NCC(C)Oc2ccc(Cl)cc2Cl)cc1. The lowest BCUT2D eigenvalue weighted by Gasteiger charge is -2.17. The van der Waals surface area contributed by atoms with Crippen LogP contribution in [0.1, 0.15) is 12.5 Å². The topological polar surface area (TPSA) is 21.3 Å². The standard InChI is InChI=1S/C16H17Cl2NO/c1-11-3-6-14(7-4-11)19-10-12(2)20-16-8-5-13(17)9-15(16)18/h3-9,12,19H,10H2,1-2H3. The van der Waals surface area contributed by atoms with Crippen molar-refractivity contribution in [3.05, 3.63) is 58.1 Å². The fourth-order valence-corrected chi connectivity index (χ4v) is 2.22. The van der Waals surface area contributed by atoms with Crippen molar-refractivity contribution < 1.29 is 4.74 Å². The summed E-state index contributed by atoms with van der Waals surface area (Å²) in [6.45, 7) is 4.76. The van der Waals surface area contributed by atoms with E-state index in [1.165, 1.54) is 5.56 Å². The van der Waals surface area contributed by atoms with E-state index < -0.39 is 0 Å². The third-order valence-electron chi connectivity index (χ3n) is 2.87. The van der Waals surface area contributed by atoms with Crippen molar-refractivity contribution in [2.45, 2.75) is 20.0 Å². The van der Waals surface area contributed by atoms with Gasteiger partial charge in [-0.15, -0.1) is 0 Å². The highest BCUT2D eigenvalue weighted by molar-refractivity contribution is 6.35. The quantitative estimate of drug-likeness (QED) is 0.821. The van der Waals surface area contributed by atoms with Gasteiger partial charge in [-0.05, 0) is 44.2 Å². The minimum Gasteiger partial charge on any atom is -0.487 e. The average molecular weight is 310 g/mol. The Kier molecular flexibility index (Phi) is 5.16. The number of ether oxygens (including phenoxy) is 1. The normalized spacial score (nSPS) is 12.0. The van der Waals surface area contributed by atoms with Gasteiger partial charge in [-0.1, -0.05) is 40.9 Å². The molecule has 4 heteroatoms. The molecule has 2 rings (SSSR count). The zero-order chi connectivity index (χ0) is 14.5. The Morgan fingerprint density at radius 1 is 1.10 bits per heavy atom. The summed E-state index contributed by atoms with van der Waals surface area (Å²) in [5.74, 6) is 0.647. The fraction of sp³-hybridized carbons (Fsp3) is 0.250. The first-order chi connectivity index (χ1) is 9.54. The molecule has 0 fully saturated rings. The van der Waals surface area contributed by atoms with Crippen molar-refractivity contribution in [3.8, 4) is 5.75 Å². The molecule has 0 aliphatic rings. The van der Waals surface area contributed by atoms with Crippen molar-refractivity contribution in [1.29, 1.82) is 0 Å². The summed E-state index contributed by atoms with van der Waals surface area (Å²) in [6.07, 6.45) is -0.00465. The number of anilines is 1. The average Bonchev–Trinajstić information content (AvgIpc) is 2.41. The Morgan fingerprint density at radius 3 is 2.45 bits per heavy atom. The lowest BCUT2D eigenvalue weighted by molar-refractivity contribution is 0.235. The van der Waals surface area contributed by atoms with Crippen LogP contribution in [0.5, 0.6) is 5.75 Å². The maximum Gasteiger partial charge on any atom is 0.138 e. The van der Waals surface area contributed by atoms with Crippen molar-refractivity contribution in [2.24, 2.45) is 0 Å². The Labute approximate surface area is 129 Å². The lowest BCUT2D eigenvalue weighted by Crippen LogP contribution is -2.22. The van der Waals surface area contributed by atoms with Gasteiger partial charge in [0.1, 0.15) is 11.9 Å². The molecule has 0 aliphatic heterocycles. The van der Waals surface area contributed by atoms with Gasteiger partial charge in [-0.3, -0.25) is 0 Å². The monoisotopic (exact) mass is 309 g/mol. The van der Waals surface area contributed by atoms with Gasteiger partial charge in [0.25, 0.3) is 0 Å². The van der Waals surface area contributed by atoms with E-state index in [0.717, 1.165) is 5.69 Å². The maximum absolute atomic E-state index is 6.08. The van der Waals surface area contributed by atoms with Crippen LogP contribution in [0.3, 0.4) is 0 Å². The molecule has 0 amide bonds. The molecule has 0 aromatic heterocycles. The van der Waals surface area contributed by atoms with Gasteiger partial charge < -0.3 is 10.1 Å². The fourth-order valence-electron chi connectivity index (χ4n) is 1.76. The van der Waals surface area contributed by atoms with Crippen LogP contribution in [0.25, 0.3) is 0 Å². The Hall–Kier alpha value is -1.38. The van der Waals surface area contributed by atoms with Crippen molar-refractivity contribution >= 4 is 28.9 Å². The first-order valence-electron chi connectivity index (χ1n) is 6.47. The Morgan fingerprint density at radius 2 is 1.80 bits per heavy atom. The molecule has 0 bridgehead atoms. The third kappa shape index (κ3) is 4.32. The zero-order valence-corrected chi connectivity index (χ0v) is 13.0. The molecule has 0 aliphatic carbocycles. The Balaban J connectivity index is 1.89. The smallest absolute Gasteiger partial charge is 0.138 e. The van der Waals surface area contributed by atoms with Crippen LogP contribution in [0.4, 0.5) is 5.69 Å². The summed E-state index contributed by atoms with van der Waals surface area (Å²) in [6, 6.07) is 13.5. The molecule has 1 N–H and O–H groups in total. The summed E-state index contributed by atoms with van der Waals surface area (Å²) >= 11 is 11.9. The first kappa shape index (κ1) is 15.0. The van der Waals surface area contributed by atoms with Crippen LogP contribution in [0.15, 0.2) is 42.5 Å². The molecule has 0 spiro atoms. The summed E-state index contributed by atoms with van der Waals surface area (Å²) in [5, 5.41) is 4.46. The lowest BCUT2D eigenvalue weighted by atomic mass is 10.2. The number of halogens is 2. The predicted octanol–water partition coefficient (Wildman–Crippen LogP) is 5.18. The number of hydrogen-bond acceptors (Lipinski definition) is 2. The minimum absolute atomic E-state index is 0.00465. The summed E-state index contributed by atoms with van der Waals surface area (Å²) in [7, 11) is 0. The molecule has 106 valence electrons. The van der Waals surface area contributed by atoms with E-state index in [1.54, 1.807) is 18.2 Å². The van der Waals surface area contributed by atoms with Gasteiger partial charge in [-0.25, -0.2) is 0 Å². The van der Waals surface area contributed by atoms with Gasteiger partial charge in [0.2, 0.25) is 0 Å². The molecule has 0 heterocycles. The first-order valence-corrected chi connectivity index (χ1v) is 7.22. The number of aryl methyl sites for hydroxylation is 1. The highest BCUT2D eigenvalue weighted by Gasteiger charge is 2.08. The molecule has 0 saturated carbocycles. The van der Waals surface area contributed by atoms with Crippen molar-refractivity contribution in [1.82, 2.24) is 0 Å². The van der Waals surface area contributed by atoms with E-state index in [9.17, 15) is 0 Å². The molecule has 2 aromatic carbocycles. The molecule has 0 radical (unpaired) electrons. The van der Waals surface area contributed by atoms with E-state index in [0.29, 0.717) is 22.3 Å². The summed E-state index contributed by atoms with van der Waals surface area (Å²) in [4.78, 5) is 0. The molecular formula is C16H17Cl2NO. The number of rotatable bonds is 5. The highest BCUT2D eigenvalue weighted by Crippen LogP contribution is 2.28. The van der Waals surface area contributed by atoms with Gasteiger partial charge in [0.05, 0.1) is 11.6 Å². The van der Waals surface area contributed by atoms with E-state index in [-0.39, 0.29) is 6.10 Å². The van der Waals surface area contributed by atoms with Crippen LogP contribution >= 0.6 is 23.2 Å². The van der Waals surface area contributed by atoms with Crippen LogP contribution < -0.4 is 10.1 Å². The zero-order valence-electron chi connectivity index (χ0n) is 11.5. The second-order valence-electron chi connectivity index (χ2n) is 4.75. The highest BCUT2D eigenvalue weighted by atomic mass is 35.5. The van der Waals surface area contributed by atoms with Crippen LogP contribution in [-0.4, -0.2) is 12.6 Å². The molecule has 2 aromatic rings. The largest absolute Gasteiger partial charge is 0.487 e. The maximum atomic E-state index is 6.08. The van der Waals surface area contributed by atoms with Crippen LogP contribution in [0.2, 0.25) is 10.0 Å². The molecule has 0 saturated heterocycles. The van der Waals surface area contributed by atoms with E-state index in [1.807, 2.05) is 6.92 Å². The predicted molar refractivity (Wildman–Crippen MR) is 86.2 cm³/mol. The molecule has 20 heavy (non-hydrogen) atoms.